The Labute approximate surface area is 157 Å². The van der Waals surface area contributed by atoms with Crippen molar-refractivity contribution in [3.8, 4) is 0 Å². The maximum absolute atomic E-state index is 12.7. The second-order valence-corrected chi connectivity index (χ2v) is 8.77. The molecule has 2 N–H and O–H groups in total. The molecule has 1 fully saturated rings. The van der Waals surface area contributed by atoms with Gasteiger partial charge in [-0.3, -0.25) is 9.67 Å². The van der Waals surface area contributed by atoms with Gasteiger partial charge in [0.2, 0.25) is 10.0 Å². The molecule has 3 rings (SSSR count). The van der Waals surface area contributed by atoms with Crippen molar-refractivity contribution in [2.75, 3.05) is 0 Å². The first-order valence-electron chi connectivity index (χ1n) is 8.37. The van der Waals surface area contributed by atoms with Crippen molar-refractivity contribution in [2.45, 2.75) is 56.0 Å². The standard InChI is InChI=1S/C16H21ClN4O2S2/c1-2-14(20-25(22,23)13-9-7-11(17)8-10-13)15-18-19-16(24)21(15)12-5-3-4-6-12/h7-10,12,14,20H,2-6H2,1H3,(H,19,24). The van der Waals surface area contributed by atoms with Crippen LogP contribution in [0.5, 0.6) is 0 Å². The van der Waals surface area contributed by atoms with Crippen molar-refractivity contribution in [2.24, 2.45) is 0 Å². The highest BCUT2D eigenvalue weighted by molar-refractivity contribution is 7.89. The minimum absolute atomic E-state index is 0.178. The van der Waals surface area contributed by atoms with Crippen LogP contribution in [0.4, 0.5) is 0 Å². The third kappa shape index (κ3) is 3.97. The molecular formula is C16H21ClN4O2S2. The largest absolute Gasteiger partial charge is 0.300 e. The fourth-order valence-electron chi connectivity index (χ4n) is 3.27. The Morgan fingerprint density at radius 1 is 1.36 bits per heavy atom. The summed E-state index contributed by atoms with van der Waals surface area (Å²) in [5.74, 6) is 0.650. The Bertz CT molecular complexity index is 884. The molecule has 9 heteroatoms. The molecule has 1 saturated carbocycles. The average Bonchev–Trinajstić information content (AvgIpc) is 3.22. The topological polar surface area (TPSA) is 79.8 Å². The zero-order chi connectivity index (χ0) is 18.0. The predicted molar refractivity (Wildman–Crippen MR) is 99.7 cm³/mol. The molecule has 1 aliphatic rings. The van der Waals surface area contributed by atoms with Crippen LogP contribution in [-0.2, 0) is 10.0 Å². The van der Waals surface area contributed by atoms with E-state index in [4.69, 9.17) is 23.8 Å². The maximum Gasteiger partial charge on any atom is 0.241 e. The molecule has 0 spiro atoms. The number of nitrogens with zero attached hydrogens (tertiary/aromatic N) is 2. The number of aromatic amines is 1. The molecule has 0 saturated heterocycles. The number of nitrogens with one attached hydrogen (secondary N) is 2. The molecule has 25 heavy (non-hydrogen) atoms. The molecule has 0 amide bonds. The van der Waals surface area contributed by atoms with Crippen LogP contribution < -0.4 is 4.72 Å². The summed E-state index contributed by atoms with van der Waals surface area (Å²) in [6.07, 6.45) is 4.97. The van der Waals surface area contributed by atoms with Crippen LogP contribution >= 0.6 is 23.8 Å². The number of hydrogen-bond donors (Lipinski definition) is 2. The highest BCUT2D eigenvalue weighted by Crippen LogP contribution is 2.32. The molecule has 2 aromatic rings. The van der Waals surface area contributed by atoms with E-state index >= 15 is 0 Å². The van der Waals surface area contributed by atoms with Crippen molar-refractivity contribution in [1.29, 1.82) is 0 Å². The molecule has 1 aliphatic carbocycles. The first kappa shape index (κ1) is 18.6. The molecule has 1 unspecified atom stereocenters. The lowest BCUT2D eigenvalue weighted by Gasteiger charge is -2.20. The summed E-state index contributed by atoms with van der Waals surface area (Å²) in [5, 5.41) is 7.64. The van der Waals surface area contributed by atoms with E-state index < -0.39 is 16.1 Å². The van der Waals surface area contributed by atoms with E-state index in [0.717, 1.165) is 25.7 Å². The molecule has 136 valence electrons. The monoisotopic (exact) mass is 400 g/mol. The minimum atomic E-state index is -3.68. The van der Waals surface area contributed by atoms with Gasteiger partial charge in [-0.05, 0) is 55.7 Å². The van der Waals surface area contributed by atoms with Gasteiger partial charge in [0.1, 0.15) is 5.82 Å². The lowest BCUT2D eigenvalue weighted by molar-refractivity contribution is 0.452. The number of sulfonamides is 1. The third-order valence-corrected chi connectivity index (χ3v) is 6.59. The number of aromatic nitrogens is 3. The fraction of sp³-hybridized carbons (Fsp3) is 0.500. The smallest absolute Gasteiger partial charge is 0.241 e. The maximum atomic E-state index is 12.7. The van der Waals surface area contributed by atoms with Crippen molar-refractivity contribution in [3.63, 3.8) is 0 Å². The van der Waals surface area contributed by atoms with Crippen LogP contribution in [-0.4, -0.2) is 23.2 Å². The quantitative estimate of drug-likeness (QED) is 0.714. The van der Waals surface area contributed by atoms with E-state index in [9.17, 15) is 8.42 Å². The number of rotatable bonds is 6. The predicted octanol–water partition coefficient (Wildman–Crippen LogP) is 4.14. The lowest BCUT2D eigenvalue weighted by atomic mass is 10.2. The molecule has 0 bridgehead atoms. The Hall–Kier alpha value is -1.22. The van der Waals surface area contributed by atoms with E-state index in [1.807, 2.05) is 11.5 Å². The van der Waals surface area contributed by atoms with Gasteiger partial charge in [0.05, 0.1) is 10.9 Å². The van der Waals surface area contributed by atoms with Crippen LogP contribution in [0.25, 0.3) is 0 Å². The normalized spacial score (nSPS) is 17.0. The summed E-state index contributed by atoms with van der Waals surface area (Å²) < 4.78 is 30.7. The highest BCUT2D eigenvalue weighted by Gasteiger charge is 2.28. The van der Waals surface area contributed by atoms with Gasteiger partial charge >= 0.3 is 0 Å². The fourth-order valence-corrected chi connectivity index (χ4v) is 4.96. The lowest BCUT2D eigenvalue weighted by Crippen LogP contribution is -2.31. The Morgan fingerprint density at radius 3 is 2.60 bits per heavy atom. The van der Waals surface area contributed by atoms with E-state index in [1.165, 1.54) is 12.1 Å². The number of benzene rings is 1. The van der Waals surface area contributed by atoms with Gasteiger partial charge in [-0.25, -0.2) is 13.1 Å². The van der Waals surface area contributed by atoms with E-state index in [1.54, 1.807) is 12.1 Å². The van der Waals surface area contributed by atoms with Gasteiger partial charge in [-0.15, -0.1) is 0 Å². The van der Waals surface area contributed by atoms with Crippen molar-refractivity contribution in [1.82, 2.24) is 19.5 Å². The number of hydrogen-bond acceptors (Lipinski definition) is 4. The number of H-pyrrole nitrogens is 1. The molecule has 0 radical (unpaired) electrons. The molecule has 1 atom stereocenters. The highest BCUT2D eigenvalue weighted by atomic mass is 35.5. The summed E-state index contributed by atoms with van der Waals surface area (Å²) >= 11 is 11.2. The van der Waals surface area contributed by atoms with Gasteiger partial charge in [0, 0.05) is 11.1 Å². The minimum Gasteiger partial charge on any atom is -0.300 e. The van der Waals surface area contributed by atoms with Crippen molar-refractivity contribution >= 4 is 33.8 Å². The third-order valence-electron chi connectivity index (χ3n) is 4.56. The molecule has 0 aliphatic heterocycles. The number of halogens is 1. The van der Waals surface area contributed by atoms with Crippen LogP contribution in [0.3, 0.4) is 0 Å². The van der Waals surface area contributed by atoms with E-state index in [0.29, 0.717) is 22.0 Å². The summed E-state index contributed by atoms with van der Waals surface area (Å²) in [7, 11) is -3.68. The molecule has 1 aromatic carbocycles. The van der Waals surface area contributed by atoms with Gasteiger partial charge in [0.15, 0.2) is 4.77 Å². The molecule has 6 nitrogen and oxygen atoms in total. The summed E-state index contributed by atoms with van der Waals surface area (Å²) in [6.45, 7) is 1.92. The van der Waals surface area contributed by atoms with Crippen LogP contribution in [0.15, 0.2) is 29.2 Å². The zero-order valence-electron chi connectivity index (χ0n) is 13.9. The molecular weight excluding hydrogens is 380 g/mol. The van der Waals surface area contributed by atoms with Crippen molar-refractivity contribution in [3.05, 3.63) is 39.9 Å². The second-order valence-electron chi connectivity index (χ2n) is 6.23. The Morgan fingerprint density at radius 2 is 2.00 bits per heavy atom. The summed E-state index contributed by atoms with van der Waals surface area (Å²) in [5.41, 5.74) is 0. The van der Waals surface area contributed by atoms with Gasteiger partial charge in [-0.2, -0.15) is 5.10 Å². The first-order valence-corrected chi connectivity index (χ1v) is 10.6. The Balaban J connectivity index is 1.91. The Kier molecular flexibility index (Phi) is 5.62. The SMILES string of the molecule is CCC(NS(=O)(=O)c1ccc(Cl)cc1)c1n[nH]c(=S)n1C1CCCC1. The van der Waals surface area contributed by atoms with Crippen molar-refractivity contribution < 1.29 is 8.42 Å². The molecule has 1 heterocycles. The average molecular weight is 401 g/mol. The zero-order valence-corrected chi connectivity index (χ0v) is 16.3. The molecule has 1 aromatic heterocycles. The van der Waals surface area contributed by atoms with Gasteiger partial charge in [0.25, 0.3) is 0 Å². The summed E-state index contributed by atoms with van der Waals surface area (Å²) in [4.78, 5) is 0.178. The van der Waals surface area contributed by atoms with Crippen LogP contribution in [0.1, 0.15) is 56.9 Å². The second kappa shape index (κ2) is 7.57. The van der Waals surface area contributed by atoms with Gasteiger partial charge < -0.3 is 0 Å². The summed E-state index contributed by atoms with van der Waals surface area (Å²) in [6, 6.07) is 5.94. The van der Waals surface area contributed by atoms with Crippen LogP contribution in [0.2, 0.25) is 5.02 Å². The van der Waals surface area contributed by atoms with E-state index in [2.05, 4.69) is 14.9 Å². The van der Waals surface area contributed by atoms with Gasteiger partial charge in [-0.1, -0.05) is 31.4 Å². The van der Waals surface area contributed by atoms with E-state index in [-0.39, 0.29) is 10.9 Å². The van der Waals surface area contributed by atoms with Crippen LogP contribution in [0, 0.1) is 4.77 Å². The first-order chi connectivity index (χ1) is 11.9.